The Morgan fingerprint density at radius 2 is 2.17 bits per heavy atom. The van der Waals surface area contributed by atoms with Crippen molar-refractivity contribution in [2.45, 2.75) is 38.2 Å². The van der Waals surface area contributed by atoms with E-state index >= 15 is 0 Å². The van der Waals surface area contributed by atoms with Crippen LogP contribution in [0.25, 0.3) is 4.85 Å². The molecule has 0 aromatic rings. The lowest BCUT2D eigenvalue weighted by molar-refractivity contribution is 0.0221. The van der Waals surface area contributed by atoms with Gasteiger partial charge in [-0.25, -0.2) is 6.57 Å². The minimum Gasteiger partial charge on any atom is -0.381 e. The van der Waals surface area contributed by atoms with Crippen molar-refractivity contribution in [3.05, 3.63) is 11.4 Å². The predicted molar refractivity (Wildman–Crippen MR) is 48.8 cm³/mol. The molecule has 2 unspecified atom stereocenters. The summed E-state index contributed by atoms with van der Waals surface area (Å²) in [6.45, 7) is 7.40. The highest BCUT2D eigenvalue weighted by Gasteiger charge is 2.24. The largest absolute Gasteiger partial charge is 0.381 e. The molecule has 2 nitrogen and oxygen atoms in total. The molecule has 1 aliphatic carbocycles. The van der Waals surface area contributed by atoms with E-state index in [9.17, 15) is 0 Å². The lowest BCUT2D eigenvalue weighted by Gasteiger charge is -2.29. The molecule has 68 valence electrons. The minimum atomic E-state index is 0.431. The van der Waals surface area contributed by atoms with Crippen LogP contribution in [-0.4, -0.2) is 19.8 Å². The maximum absolute atomic E-state index is 6.73. The summed E-state index contributed by atoms with van der Waals surface area (Å²) in [7, 11) is 1.79. The number of ether oxygens (including phenoxy) is 1. The topological polar surface area (TPSA) is 13.6 Å². The van der Waals surface area contributed by atoms with Gasteiger partial charge in [0.2, 0.25) is 6.54 Å². The Bertz CT molecular complexity index is 162. The molecule has 0 spiro atoms. The van der Waals surface area contributed by atoms with E-state index in [0.717, 1.165) is 6.42 Å². The number of rotatable bonds is 3. The average Bonchev–Trinajstić information content (AvgIpc) is 2.15. The van der Waals surface area contributed by atoms with E-state index in [4.69, 9.17) is 11.3 Å². The van der Waals surface area contributed by atoms with Crippen LogP contribution in [0.4, 0.5) is 0 Å². The van der Waals surface area contributed by atoms with Crippen LogP contribution in [0.1, 0.15) is 32.1 Å². The van der Waals surface area contributed by atoms with E-state index in [2.05, 4.69) is 4.85 Å². The third-order valence-corrected chi connectivity index (χ3v) is 2.75. The van der Waals surface area contributed by atoms with Gasteiger partial charge in [0.05, 0.1) is 6.10 Å². The highest BCUT2D eigenvalue weighted by atomic mass is 16.5. The third-order valence-electron chi connectivity index (χ3n) is 2.75. The molecule has 1 rings (SSSR count). The molecule has 0 bridgehead atoms. The Hall–Kier alpha value is -0.550. The van der Waals surface area contributed by atoms with Gasteiger partial charge in [-0.05, 0) is 18.8 Å². The second-order valence-corrected chi connectivity index (χ2v) is 3.49. The highest BCUT2D eigenvalue weighted by molar-refractivity contribution is 4.78. The summed E-state index contributed by atoms with van der Waals surface area (Å²) in [6, 6.07) is 0. The molecule has 0 saturated heterocycles. The standard InChI is InChI=1S/C10H17NO/c1-11-8-7-9-5-3-4-6-10(9)12-2/h9-10H,3-8H2,2H3. The predicted octanol–water partition coefficient (Wildman–Crippen LogP) is 2.50. The van der Waals surface area contributed by atoms with Crippen molar-refractivity contribution in [3.8, 4) is 0 Å². The second kappa shape index (κ2) is 5.16. The van der Waals surface area contributed by atoms with Gasteiger partial charge < -0.3 is 9.58 Å². The summed E-state index contributed by atoms with van der Waals surface area (Å²) in [5, 5.41) is 0. The van der Waals surface area contributed by atoms with Crippen LogP contribution >= 0.6 is 0 Å². The molecule has 0 aromatic carbocycles. The number of methoxy groups -OCH3 is 1. The van der Waals surface area contributed by atoms with Crippen molar-refractivity contribution in [3.63, 3.8) is 0 Å². The molecule has 1 fully saturated rings. The van der Waals surface area contributed by atoms with Crippen molar-refractivity contribution < 1.29 is 4.74 Å². The zero-order chi connectivity index (χ0) is 8.81. The van der Waals surface area contributed by atoms with Crippen LogP contribution in [-0.2, 0) is 4.74 Å². The monoisotopic (exact) mass is 167 g/mol. The molecule has 12 heavy (non-hydrogen) atoms. The first-order chi connectivity index (χ1) is 5.88. The van der Waals surface area contributed by atoms with Crippen LogP contribution in [0.5, 0.6) is 0 Å². The summed E-state index contributed by atoms with van der Waals surface area (Å²) in [5.74, 6) is 0.651. The van der Waals surface area contributed by atoms with Gasteiger partial charge in [0, 0.05) is 13.5 Å². The SMILES string of the molecule is [C-]#[N+]CCC1CCCCC1OC. The summed E-state index contributed by atoms with van der Waals surface area (Å²) in [4.78, 5) is 3.39. The molecule has 2 heteroatoms. The van der Waals surface area contributed by atoms with Crippen LogP contribution in [0.15, 0.2) is 0 Å². The Kier molecular flexibility index (Phi) is 4.10. The molecule has 0 radical (unpaired) electrons. The molecule has 0 aromatic heterocycles. The molecule has 0 heterocycles. The maximum Gasteiger partial charge on any atom is 0.215 e. The summed E-state index contributed by atoms with van der Waals surface area (Å²) >= 11 is 0. The first-order valence-electron chi connectivity index (χ1n) is 4.74. The summed E-state index contributed by atoms with van der Waals surface area (Å²) < 4.78 is 5.40. The minimum absolute atomic E-state index is 0.431. The molecular weight excluding hydrogens is 150 g/mol. The average molecular weight is 167 g/mol. The molecular formula is C10H17NO. The van der Waals surface area contributed by atoms with E-state index in [0.29, 0.717) is 18.6 Å². The van der Waals surface area contributed by atoms with Crippen molar-refractivity contribution in [1.29, 1.82) is 0 Å². The normalized spacial score (nSPS) is 29.7. The Labute approximate surface area is 74.7 Å². The highest BCUT2D eigenvalue weighted by Crippen LogP contribution is 2.28. The van der Waals surface area contributed by atoms with Gasteiger partial charge in [0.15, 0.2) is 0 Å². The second-order valence-electron chi connectivity index (χ2n) is 3.49. The van der Waals surface area contributed by atoms with Gasteiger partial charge in [-0.2, -0.15) is 0 Å². The Morgan fingerprint density at radius 1 is 1.42 bits per heavy atom. The van der Waals surface area contributed by atoms with Crippen molar-refractivity contribution >= 4 is 0 Å². The number of hydrogen-bond acceptors (Lipinski definition) is 1. The van der Waals surface area contributed by atoms with Gasteiger partial charge >= 0.3 is 0 Å². The summed E-state index contributed by atoms with van der Waals surface area (Å²) in [6.07, 6.45) is 6.53. The Balaban J connectivity index is 2.32. The van der Waals surface area contributed by atoms with E-state index < -0.39 is 0 Å². The molecule has 0 aliphatic heterocycles. The lowest BCUT2D eigenvalue weighted by Crippen LogP contribution is -2.26. The third kappa shape index (κ3) is 2.49. The summed E-state index contributed by atoms with van der Waals surface area (Å²) in [5.41, 5.74) is 0. The van der Waals surface area contributed by atoms with E-state index in [-0.39, 0.29) is 0 Å². The first kappa shape index (κ1) is 9.54. The maximum atomic E-state index is 6.73. The smallest absolute Gasteiger partial charge is 0.215 e. The van der Waals surface area contributed by atoms with Gasteiger partial charge in [-0.3, -0.25) is 0 Å². The molecule has 2 atom stereocenters. The first-order valence-corrected chi connectivity index (χ1v) is 4.74. The quantitative estimate of drug-likeness (QED) is 0.589. The van der Waals surface area contributed by atoms with Crippen LogP contribution in [0.3, 0.4) is 0 Å². The number of nitrogens with zero attached hydrogens (tertiary/aromatic N) is 1. The Morgan fingerprint density at radius 3 is 2.83 bits per heavy atom. The van der Waals surface area contributed by atoms with Gasteiger partial charge in [0.1, 0.15) is 0 Å². The zero-order valence-corrected chi connectivity index (χ0v) is 7.75. The zero-order valence-electron chi connectivity index (χ0n) is 7.75. The fourth-order valence-corrected chi connectivity index (χ4v) is 2.04. The van der Waals surface area contributed by atoms with Crippen LogP contribution in [0.2, 0.25) is 0 Å². The van der Waals surface area contributed by atoms with E-state index in [1.807, 2.05) is 0 Å². The molecule has 0 N–H and O–H groups in total. The van der Waals surface area contributed by atoms with E-state index in [1.54, 1.807) is 7.11 Å². The van der Waals surface area contributed by atoms with Gasteiger partial charge in [-0.15, -0.1) is 0 Å². The fraction of sp³-hybridized carbons (Fsp3) is 0.900. The van der Waals surface area contributed by atoms with Crippen molar-refractivity contribution in [1.82, 2.24) is 0 Å². The molecule has 1 aliphatic rings. The number of hydrogen-bond donors (Lipinski definition) is 0. The molecule has 0 amide bonds. The van der Waals surface area contributed by atoms with Gasteiger partial charge in [-0.1, -0.05) is 12.8 Å². The van der Waals surface area contributed by atoms with Gasteiger partial charge in [0.25, 0.3) is 0 Å². The van der Waals surface area contributed by atoms with Crippen molar-refractivity contribution in [2.24, 2.45) is 5.92 Å². The van der Waals surface area contributed by atoms with E-state index in [1.165, 1.54) is 25.7 Å². The fourth-order valence-electron chi connectivity index (χ4n) is 2.04. The van der Waals surface area contributed by atoms with Crippen LogP contribution < -0.4 is 0 Å². The van der Waals surface area contributed by atoms with Crippen LogP contribution in [0, 0.1) is 12.5 Å². The van der Waals surface area contributed by atoms with Crippen molar-refractivity contribution in [2.75, 3.05) is 13.7 Å². The molecule has 1 saturated carbocycles. The lowest BCUT2D eigenvalue weighted by atomic mass is 9.84.